The summed E-state index contributed by atoms with van der Waals surface area (Å²) in [7, 11) is 0. The molecule has 2 rings (SSSR count). The third kappa shape index (κ3) is 5.55. The molecule has 0 atom stereocenters. The van der Waals surface area contributed by atoms with Crippen molar-refractivity contribution < 1.29 is 9.53 Å². The number of nitrogens with one attached hydrogen (secondary N) is 2. The molecule has 2 fully saturated rings. The van der Waals surface area contributed by atoms with Crippen LogP contribution in [0, 0.1) is 11.8 Å². The van der Waals surface area contributed by atoms with Crippen molar-refractivity contribution in [3.63, 3.8) is 0 Å². The monoisotopic (exact) mass is 276 g/mol. The van der Waals surface area contributed by atoms with Gasteiger partial charge in [-0.15, -0.1) is 12.4 Å². The third-order valence-electron chi connectivity index (χ3n) is 3.86. The average molecular weight is 277 g/mol. The third-order valence-corrected chi connectivity index (χ3v) is 3.86. The van der Waals surface area contributed by atoms with Crippen LogP contribution < -0.4 is 10.6 Å². The Balaban J connectivity index is 0.00000162. The molecule has 2 saturated heterocycles. The summed E-state index contributed by atoms with van der Waals surface area (Å²) in [5, 5.41) is 6.41. The van der Waals surface area contributed by atoms with E-state index in [9.17, 15) is 4.79 Å². The molecule has 4 nitrogen and oxygen atoms in total. The molecule has 0 aromatic heterocycles. The van der Waals surface area contributed by atoms with Gasteiger partial charge in [-0.2, -0.15) is 0 Å². The zero-order chi connectivity index (χ0) is 11.9. The first-order valence-corrected chi connectivity index (χ1v) is 6.90. The van der Waals surface area contributed by atoms with E-state index in [4.69, 9.17) is 4.74 Å². The van der Waals surface area contributed by atoms with Crippen LogP contribution in [0.15, 0.2) is 0 Å². The Morgan fingerprint density at radius 2 is 1.78 bits per heavy atom. The second-order valence-corrected chi connectivity index (χ2v) is 5.26. The fourth-order valence-corrected chi connectivity index (χ4v) is 2.63. The Morgan fingerprint density at radius 1 is 1.11 bits per heavy atom. The van der Waals surface area contributed by atoms with Crippen LogP contribution in [0.3, 0.4) is 0 Å². The van der Waals surface area contributed by atoms with E-state index in [0.717, 1.165) is 58.5 Å². The van der Waals surface area contributed by atoms with Crippen LogP contribution in [0.5, 0.6) is 0 Å². The van der Waals surface area contributed by atoms with Gasteiger partial charge in [0, 0.05) is 26.2 Å². The second-order valence-electron chi connectivity index (χ2n) is 5.26. The number of hydrogen-bond donors (Lipinski definition) is 2. The predicted octanol–water partition coefficient (Wildman–Crippen LogP) is 1.34. The van der Waals surface area contributed by atoms with Gasteiger partial charge in [-0.3, -0.25) is 4.79 Å². The molecule has 106 valence electrons. The van der Waals surface area contributed by atoms with Crippen molar-refractivity contribution in [2.75, 3.05) is 32.8 Å². The van der Waals surface area contributed by atoms with Gasteiger partial charge in [-0.05, 0) is 50.6 Å². The van der Waals surface area contributed by atoms with E-state index in [1.807, 2.05) is 0 Å². The molecule has 1 amide bonds. The SMILES string of the molecule is Cl.O=C(CC1CCNCC1)NCC1CCOCC1. The first-order chi connectivity index (χ1) is 8.34. The molecule has 0 aromatic rings. The number of carbonyl (C=O) groups excluding carboxylic acids is 1. The number of halogens is 1. The highest BCUT2D eigenvalue weighted by Crippen LogP contribution is 2.16. The highest BCUT2D eigenvalue weighted by Gasteiger charge is 2.18. The Labute approximate surface area is 116 Å². The minimum Gasteiger partial charge on any atom is -0.381 e. The van der Waals surface area contributed by atoms with Gasteiger partial charge in [0.25, 0.3) is 0 Å². The van der Waals surface area contributed by atoms with Crippen LogP contribution >= 0.6 is 12.4 Å². The smallest absolute Gasteiger partial charge is 0.220 e. The number of rotatable bonds is 4. The van der Waals surface area contributed by atoms with Crippen molar-refractivity contribution >= 4 is 18.3 Å². The van der Waals surface area contributed by atoms with Crippen LogP contribution in [0.4, 0.5) is 0 Å². The maximum absolute atomic E-state index is 11.8. The first-order valence-electron chi connectivity index (χ1n) is 6.90. The summed E-state index contributed by atoms with van der Waals surface area (Å²) in [6.07, 6.45) is 5.18. The van der Waals surface area contributed by atoms with Gasteiger partial charge in [0.15, 0.2) is 0 Å². The van der Waals surface area contributed by atoms with E-state index in [0.29, 0.717) is 18.3 Å². The zero-order valence-electron chi connectivity index (χ0n) is 11.0. The summed E-state index contributed by atoms with van der Waals surface area (Å²) >= 11 is 0. The van der Waals surface area contributed by atoms with Crippen molar-refractivity contribution in [2.24, 2.45) is 11.8 Å². The quantitative estimate of drug-likeness (QED) is 0.815. The van der Waals surface area contributed by atoms with Crippen LogP contribution in [-0.2, 0) is 9.53 Å². The van der Waals surface area contributed by atoms with E-state index in [-0.39, 0.29) is 18.3 Å². The molecule has 5 heteroatoms. The summed E-state index contributed by atoms with van der Waals surface area (Å²) in [5.41, 5.74) is 0. The molecule has 0 bridgehead atoms. The summed E-state index contributed by atoms with van der Waals surface area (Å²) in [4.78, 5) is 11.8. The van der Waals surface area contributed by atoms with E-state index in [1.54, 1.807) is 0 Å². The second kappa shape index (κ2) is 8.73. The Bertz CT molecular complexity index is 239. The molecule has 2 aliphatic rings. The minimum atomic E-state index is 0. The Hall–Kier alpha value is -0.320. The lowest BCUT2D eigenvalue weighted by Gasteiger charge is -2.24. The highest BCUT2D eigenvalue weighted by atomic mass is 35.5. The minimum absolute atomic E-state index is 0. The van der Waals surface area contributed by atoms with Gasteiger partial charge in [0.05, 0.1) is 0 Å². The molecule has 0 unspecified atom stereocenters. The summed E-state index contributed by atoms with van der Waals surface area (Å²) in [6.45, 7) is 4.69. The predicted molar refractivity (Wildman–Crippen MR) is 74.0 cm³/mol. The van der Waals surface area contributed by atoms with Crippen molar-refractivity contribution in [3.05, 3.63) is 0 Å². The molecule has 18 heavy (non-hydrogen) atoms. The van der Waals surface area contributed by atoms with Gasteiger partial charge in [0.1, 0.15) is 0 Å². The molecule has 2 N–H and O–H groups in total. The lowest BCUT2D eigenvalue weighted by Crippen LogP contribution is -2.35. The molecular weight excluding hydrogens is 252 g/mol. The van der Waals surface area contributed by atoms with Crippen molar-refractivity contribution in [2.45, 2.75) is 32.1 Å². The normalized spacial score (nSPS) is 22.2. The van der Waals surface area contributed by atoms with Gasteiger partial charge < -0.3 is 15.4 Å². The number of hydrogen-bond acceptors (Lipinski definition) is 3. The number of ether oxygens (including phenoxy) is 1. The first kappa shape index (κ1) is 15.7. The van der Waals surface area contributed by atoms with Crippen LogP contribution in [0.2, 0.25) is 0 Å². The Morgan fingerprint density at radius 3 is 2.44 bits per heavy atom. The maximum Gasteiger partial charge on any atom is 0.220 e. The summed E-state index contributed by atoms with van der Waals surface area (Å²) in [6, 6.07) is 0. The molecule has 0 radical (unpaired) electrons. The summed E-state index contributed by atoms with van der Waals surface area (Å²) < 4.78 is 5.31. The number of piperidine rings is 1. The molecule has 0 aliphatic carbocycles. The maximum atomic E-state index is 11.8. The highest BCUT2D eigenvalue weighted by molar-refractivity contribution is 5.85. The zero-order valence-corrected chi connectivity index (χ0v) is 11.8. The van der Waals surface area contributed by atoms with Crippen molar-refractivity contribution in [1.29, 1.82) is 0 Å². The van der Waals surface area contributed by atoms with Gasteiger partial charge in [-0.25, -0.2) is 0 Å². The largest absolute Gasteiger partial charge is 0.381 e. The molecule has 0 saturated carbocycles. The molecular formula is C13H25ClN2O2. The van der Waals surface area contributed by atoms with Gasteiger partial charge in [-0.1, -0.05) is 0 Å². The van der Waals surface area contributed by atoms with Gasteiger partial charge >= 0.3 is 0 Å². The van der Waals surface area contributed by atoms with Crippen LogP contribution in [0.1, 0.15) is 32.1 Å². The van der Waals surface area contributed by atoms with Gasteiger partial charge in [0.2, 0.25) is 5.91 Å². The van der Waals surface area contributed by atoms with Crippen LogP contribution in [0.25, 0.3) is 0 Å². The Kier molecular flexibility index (Phi) is 7.63. The fraction of sp³-hybridized carbons (Fsp3) is 0.923. The van der Waals surface area contributed by atoms with E-state index < -0.39 is 0 Å². The molecule has 0 spiro atoms. The number of carbonyl (C=O) groups is 1. The topological polar surface area (TPSA) is 50.4 Å². The molecule has 2 aliphatic heterocycles. The average Bonchev–Trinajstić information content (AvgIpc) is 2.39. The van der Waals surface area contributed by atoms with Crippen LogP contribution in [-0.4, -0.2) is 38.8 Å². The van der Waals surface area contributed by atoms with E-state index in [2.05, 4.69) is 10.6 Å². The van der Waals surface area contributed by atoms with E-state index in [1.165, 1.54) is 0 Å². The summed E-state index contributed by atoms with van der Waals surface area (Å²) in [5.74, 6) is 1.45. The fourth-order valence-electron chi connectivity index (χ4n) is 2.63. The lowest BCUT2D eigenvalue weighted by molar-refractivity contribution is -0.122. The van der Waals surface area contributed by atoms with Crippen molar-refractivity contribution in [3.8, 4) is 0 Å². The molecule has 0 aromatic carbocycles. The standard InChI is InChI=1S/C13H24N2O2.ClH/c16-13(9-11-1-5-14-6-2-11)15-10-12-3-7-17-8-4-12;/h11-12,14H,1-10H2,(H,15,16);1H. The number of amides is 1. The molecule has 2 heterocycles. The van der Waals surface area contributed by atoms with Crippen molar-refractivity contribution in [1.82, 2.24) is 10.6 Å². The van der Waals surface area contributed by atoms with E-state index >= 15 is 0 Å². The lowest BCUT2D eigenvalue weighted by atomic mass is 9.94.